The molecule has 3 rings (SSSR count). The lowest BCUT2D eigenvalue weighted by atomic mass is 10.2. The molecule has 1 heterocycles. The van der Waals surface area contributed by atoms with E-state index in [4.69, 9.17) is 5.26 Å². The topological polar surface area (TPSA) is 91.0 Å². The summed E-state index contributed by atoms with van der Waals surface area (Å²) in [5, 5.41) is 11.7. The molecule has 3 aromatic rings. The number of hydrogen-bond donors (Lipinski definition) is 1. The molecule has 0 radical (unpaired) electrons. The number of nitriles is 1. The van der Waals surface area contributed by atoms with Crippen LogP contribution in [0, 0.1) is 11.3 Å². The molecule has 0 saturated heterocycles. The Morgan fingerprint density at radius 3 is 2.77 bits per heavy atom. The highest BCUT2D eigenvalue weighted by Crippen LogP contribution is 2.24. The van der Waals surface area contributed by atoms with Crippen LogP contribution in [0.2, 0.25) is 0 Å². The fraction of sp³-hybridized carbons (Fsp3) is 0.182. The summed E-state index contributed by atoms with van der Waals surface area (Å²) in [6.07, 6.45) is 3.53. The van der Waals surface area contributed by atoms with E-state index in [9.17, 15) is 9.59 Å². The second kappa shape index (κ2) is 9.76. The summed E-state index contributed by atoms with van der Waals surface area (Å²) in [5.41, 5.74) is 1.59. The van der Waals surface area contributed by atoms with Gasteiger partial charge in [-0.1, -0.05) is 18.2 Å². The van der Waals surface area contributed by atoms with Crippen LogP contribution in [-0.2, 0) is 18.4 Å². The summed E-state index contributed by atoms with van der Waals surface area (Å²) in [6, 6.07) is 16.0. The van der Waals surface area contributed by atoms with Gasteiger partial charge in [0.15, 0.2) is 0 Å². The van der Waals surface area contributed by atoms with Gasteiger partial charge < -0.3 is 14.8 Å². The molecule has 0 aliphatic heterocycles. The Morgan fingerprint density at radius 2 is 2.03 bits per heavy atom. The molecule has 0 bridgehead atoms. The summed E-state index contributed by atoms with van der Waals surface area (Å²) >= 11 is 1.30. The Bertz CT molecular complexity index is 1100. The van der Waals surface area contributed by atoms with Gasteiger partial charge in [0.05, 0.1) is 29.5 Å². The van der Waals surface area contributed by atoms with Crippen molar-refractivity contribution in [2.45, 2.75) is 11.4 Å². The predicted octanol–water partition coefficient (Wildman–Crippen LogP) is 3.29. The standard InChI is InChI=1S/C22H21N5O2S/c1-26-11-10-24-20(26)14-27(2)22(29)18-8-3-4-9-19(18)30-15-21(28)25-17-7-5-6-16(12-17)13-23/h3-12H,14-15H2,1-2H3,(H,25,28). The van der Waals surface area contributed by atoms with Gasteiger partial charge in [-0.25, -0.2) is 4.98 Å². The normalized spacial score (nSPS) is 10.3. The van der Waals surface area contributed by atoms with Gasteiger partial charge in [-0.3, -0.25) is 9.59 Å². The van der Waals surface area contributed by atoms with Crippen LogP contribution in [-0.4, -0.2) is 39.1 Å². The number of nitrogens with zero attached hydrogens (tertiary/aromatic N) is 4. The Hall–Kier alpha value is -3.57. The minimum absolute atomic E-state index is 0.136. The maximum Gasteiger partial charge on any atom is 0.255 e. The number of hydrogen-bond acceptors (Lipinski definition) is 5. The van der Waals surface area contributed by atoms with Crippen LogP contribution in [0.1, 0.15) is 21.7 Å². The molecule has 7 nitrogen and oxygen atoms in total. The van der Waals surface area contributed by atoms with Gasteiger partial charge in [0.1, 0.15) is 5.82 Å². The molecule has 152 valence electrons. The molecule has 0 spiro atoms. The average molecular weight is 420 g/mol. The number of thioether (sulfide) groups is 1. The van der Waals surface area contributed by atoms with Crippen LogP contribution >= 0.6 is 11.8 Å². The Labute approximate surface area is 179 Å². The Morgan fingerprint density at radius 1 is 1.23 bits per heavy atom. The molecular formula is C22H21N5O2S. The number of nitrogens with one attached hydrogen (secondary N) is 1. The summed E-state index contributed by atoms with van der Waals surface area (Å²) < 4.78 is 1.87. The first kappa shape index (κ1) is 21.1. The molecule has 0 saturated carbocycles. The number of benzene rings is 2. The van der Waals surface area contributed by atoms with Crippen molar-refractivity contribution in [1.29, 1.82) is 5.26 Å². The Balaban J connectivity index is 1.64. The zero-order valence-electron chi connectivity index (χ0n) is 16.7. The number of carbonyl (C=O) groups excluding carboxylic acids is 2. The molecule has 0 unspecified atom stereocenters. The smallest absolute Gasteiger partial charge is 0.255 e. The largest absolute Gasteiger partial charge is 0.337 e. The van der Waals surface area contributed by atoms with Gasteiger partial charge in [0.2, 0.25) is 5.91 Å². The van der Waals surface area contributed by atoms with Crippen molar-refractivity contribution in [3.05, 3.63) is 77.9 Å². The zero-order chi connectivity index (χ0) is 21.5. The van der Waals surface area contributed by atoms with E-state index in [0.717, 1.165) is 10.7 Å². The van der Waals surface area contributed by atoms with Gasteiger partial charge in [0, 0.05) is 37.1 Å². The first-order valence-corrected chi connectivity index (χ1v) is 10.2. The van der Waals surface area contributed by atoms with Crippen LogP contribution in [0.15, 0.2) is 65.8 Å². The second-order valence-corrected chi connectivity index (χ2v) is 7.66. The monoisotopic (exact) mass is 419 g/mol. The fourth-order valence-corrected chi connectivity index (χ4v) is 3.66. The average Bonchev–Trinajstić information content (AvgIpc) is 3.16. The van der Waals surface area contributed by atoms with E-state index in [2.05, 4.69) is 10.3 Å². The first-order chi connectivity index (χ1) is 14.5. The maximum absolute atomic E-state index is 13.0. The van der Waals surface area contributed by atoms with Crippen LogP contribution in [0.25, 0.3) is 0 Å². The number of rotatable bonds is 7. The first-order valence-electron chi connectivity index (χ1n) is 9.21. The third-order valence-electron chi connectivity index (χ3n) is 4.40. The minimum atomic E-state index is -0.210. The SMILES string of the molecule is CN(Cc1nccn1C)C(=O)c1ccccc1SCC(=O)Nc1cccc(C#N)c1. The molecule has 0 fully saturated rings. The number of amides is 2. The number of imidazole rings is 1. The molecule has 30 heavy (non-hydrogen) atoms. The fourth-order valence-electron chi connectivity index (χ4n) is 2.81. The van der Waals surface area contributed by atoms with Gasteiger partial charge in [-0.15, -0.1) is 11.8 Å². The highest BCUT2D eigenvalue weighted by atomic mass is 32.2. The van der Waals surface area contributed by atoms with Crippen molar-refractivity contribution in [2.75, 3.05) is 18.1 Å². The number of anilines is 1. The van der Waals surface area contributed by atoms with E-state index in [1.54, 1.807) is 54.5 Å². The van der Waals surface area contributed by atoms with E-state index >= 15 is 0 Å². The van der Waals surface area contributed by atoms with Crippen molar-refractivity contribution in [3.63, 3.8) is 0 Å². The second-order valence-electron chi connectivity index (χ2n) is 6.64. The molecule has 0 aliphatic rings. The van der Waals surface area contributed by atoms with E-state index in [1.165, 1.54) is 11.8 Å². The van der Waals surface area contributed by atoms with Crippen LogP contribution < -0.4 is 5.32 Å². The Kier molecular flexibility index (Phi) is 6.88. The van der Waals surface area contributed by atoms with Crippen molar-refractivity contribution < 1.29 is 9.59 Å². The molecule has 8 heteroatoms. The third kappa shape index (κ3) is 5.27. The summed E-state index contributed by atoms with van der Waals surface area (Å²) in [7, 11) is 3.61. The quantitative estimate of drug-likeness (QED) is 0.594. The highest BCUT2D eigenvalue weighted by molar-refractivity contribution is 8.00. The lowest BCUT2D eigenvalue weighted by Crippen LogP contribution is -2.28. The number of carbonyl (C=O) groups is 2. The number of aryl methyl sites for hydroxylation is 1. The van der Waals surface area contributed by atoms with E-state index in [-0.39, 0.29) is 17.6 Å². The van der Waals surface area contributed by atoms with Crippen molar-refractivity contribution in [1.82, 2.24) is 14.5 Å². The van der Waals surface area contributed by atoms with E-state index in [0.29, 0.717) is 23.4 Å². The predicted molar refractivity (Wildman–Crippen MR) is 116 cm³/mol. The molecular weight excluding hydrogens is 398 g/mol. The van der Waals surface area contributed by atoms with Gasteiger partial charge in [-0.05, 0) is 30.3 Å². The van der Waals surface area contributed by atoms with Gasteiger partial charge in [0.25, 0.3) is 5.91 Å². The van der Waals surface area contributed by atoms with Crippen LogP contribution in [0.4, 0.5) is 5.69 Å². The van der Waals surface area contributed by atoms with E-state index < -0.39 is 0 Å². The molecule has 1 N–H and O–H groups in total. The maximum atomic E-state index is 13.0. The lowest BCUT2D eigenvalue weighted by molar-refractivity contribution is -0.113. The summed E-state index contributed by atoms with van der Waals surface area (Å²) in [4.78, 5) is 31.9. The minimum Gasteiger partial charge on any atom is -0.337 e. The third-order valence-corrected chi connectivity index (χ3v) is 5.47. The molecule has 2 aromatic carbocycles. The van der Waals surface area contributed by atoms with Crippen molar-refractivity contribution in [3.8, 4) is 6.07 Å². The number of aromatic nitrogens is 2. The van der Waals surface area contributed by atoms with Crippen LogP contribution in [0.3, 0.4) is 0 Å². The zero-order valence-corrected chi connectivity index (χ0v) is 17.5. The molecule has 2 amide bonds. The molecule has 0 aliphatic carbocycles. The summed E-state index contributed by atoms with van der Waals surface area (Å²) in [5.74, 6) is 0.585. The lowest BCUT2D eigenvalue weighted by Gasteiger charge is -2.18. The molecule has 1 aromatic heterocycles. The molecule has 0 atom stereocenters. The highest BCUT2D eigenvalue weighted by Gasteiger charge is 2.18. The van der Waals surface area contributed by atoms with Crippen molar-refractivity contribution in [2.24, 2.45) is 7.05 Å². The van der Waals surface area contributed by atoms with E-state index in [1.807, 2.05) is 36.0 Å². The van der Waals surface area contributed by atoms with Gasteiger partial charge >= 0.3 is 0 Å². The van der Waals surface area contributed by atoms with Crippen LogP contribution in [0.5, 0.6) is 0 Å². The summed E-state index contributed by atoms with van der Waals surface area (Å²) in [6.45, 7) is 0.386. The van der Waals surface area contributed by atoms with Gasteiger partial charge in [-0.2, -0.15) is 5.26 Å². The van der Waals surface area contributed by atoms with Crippen molar-refractivity contribution >= 4 is 29.3 Å².